The lowest BCUT2D eigenvalue weighted by Gasteiger charge is -2.23. The fourth-order valence-electron chi connectivity index (χ4n) is 2.40. The van der Waals surface area contributed by atoms with Crippen LogP contribution in [0.25, 0.3) is 0 Å². The minimum absolute atomic E-state index is 0.345. The Hall–Kier alpha value is -1.13. The van der Waals surface area contributed by atoms with E-state index in [1.807, 2.05) is 23.1 Å². The molecule has 1 unspecified atom stereocenters. The minimum atomic E-state index is 0.345. The zero-order chi connectivity index (χ0) is 11.1. The van der Waals surface area contributed by atoms with E-state index in [1.54, 1.807) is 0 Å². The fraction of sp³-hybridized carbons (Fsp3) is 0.417. The van der Waals surface area contributed by atoms with E-state index in [9.17, 15) is 0 Å². The van der Waals surface area contributed by atoms with E-state index in [-0.39, 0.29) is 0 Å². The molecule has 16 heavy (non-hydrogen) atoms. The second kappa shape index (κ2) is 3.71. The Morgan fingerprint density at radius 2 is 2.44 bits per heavy atom. The van der Waals surface area contributed by atoms with Gasteiger partial charge in [0.15, 0.2) is 0 Å². The van der Waals surface area contributed by atoms with Crippen LogP contribution >= 0.6 is 11.3 Å². The Labute approximate surface area is 99.1 Å². The summed E-state index contributed by atoms with van der Waals surface area (Å²) in [5.41, 5.74) is 3.93. The molecule has 3 nitrogen and oxygen atoms in total. The van der Waals surface area contributed by atoms with Crippen LogP contribution in [0.5, 0.6) is 0 Å². The van der Waals surface area contributed by atoms with Crippen molar-refractivity contribution in [3.8, 4) is 0 Å². The van der Waals surface area contributed by atoms with Crippen LogP contribution in [0.1, 0.15) is 27.7 Å². The molecule has 0 spiro atoms. The third-order valence-electron chi connectivity index (χ3n) is 3.15. The van der Waals surface area contributed by atoms with Gasteiger partial charge in [0.25, 0.3) is 0 Å². The molecule has 0 bridgehead atoms. The van der Waals surface area contributed by atoms with Crippen LogP contribution < -0.4 is 5.32 Å². The number of thiophene rings is 1. The van der Waals surface area contributed by atoms with Gasteiger partial charge < -0.3 is 5.32 Å². The van der Waals surface area contributed by atoms with Crippen molar-refractivity contribution >= 4 is 11.3 Å². The summed E-state index contributed by atoms with van der Waals surface area (Å²) in [6.07, 6.45) is 3.27. The average molecular weight is 233 g/mol. The van der Waals surface area contributed by atoms with E-state index >= 15 is 0 Å². The van der Waals surface area contributed by atoms with Crippen molar-refractivity contribution in [2.24, 2.45) is 7.05 Å². The van der Waals surface area contributed by atoms with Gasteiger partial charge in [-0.3, -0.25) is 4.68 Å². The van der Waals surface area contributed by atoms with Crippen LogP contribution in [0, 0.1) is 6.92 Å². The first-order chi connectivity index (χ1) is 7.75. The van der Waals surface area contributed by atoms with Gasteiger partial charge in [-0.1, -0.05) is 0 Å². The summed E-state index contributed by atoms with van der Waals surface area (Å²) in [5, 5.41) is 10.2. The van der Waals surface area contributed by atoms with Crippen LogP contribution in [0.4, 0.5) is 0 Å². The van der Waals surface area contributed by atoms with Crippen LogP contribution in [-0.2, 0) is 13.5 Å². The van der Waals surface area contributed by atoms with Crippen LogP contribution in [0.2, 0.25) is 0 Å². The van der Waals surface area contributed by atoms with Gasteiger partial charge in [-0.05, 0) is 30.4 Å². The fourth-order valence-corrected chi connectivity index (χ4v) is 3.45. The topological polar surface area (TPSA) is 29.9 Å². The highest BCUT2D eigenvalue weighted by molar-refractivity contribution is 7.10. The van der Waals surface area contributed by atoms with Gasteiger partial charge in [-0.25, -0.2) is 0 Å². The zero-order valence-electron chi connectivity index (χ0n) is 9.53. The average Bonchev–Trinajstić information content (AvgIpc) is 2.84. The van der Waals surface area contributed by atoms with Crippen LogP contribution in [0.3, 0.4) is 0 Å². The van der Waals surface area contributed by atoms with Crippen molar-refractivity contribution in [2.45, 2.75) is 19.4 Å². The lowest BCUT2D eigenvalue weighted by Crippen LogP contribution is -2.29. The number of fused-ring (bicyclic) bond motifs is 1. The monoisotopic (exact) mass is 233 g/mol. The molecule has 0 saturated heterocycles. The second-order valence-corrected chi connectivity index (χ2v) is 5.24. The SMILES string of the molecule is Cc1nn(C)cc1C1NCCc2ccsc21. The van der Waals surface area contributed by atoms with Gasteiger partial charge in [-0.2, -0.15) is 5.10 Å². The Morgan fingerprint density at radius 1 is 1.56 bits per heavy atom. The van der Waals surface area contributed by atoms with Gasteiger partial charge in [0.2, 0.25) is 0 Å². The number of hydrogen-bond acceptors (Lipinski definition) is 3. The minimum Gasteiger partial charge on any atom is -0.305 e. The molecule has 1 aliphatic rings. The van der Waals surface area contributed by atoms with E-state index in [1.165, 1.54) is 16.0 Å². The van der Waals surface area contributed by atoms with Crippen LogP contribution in [-0.4, -0.2) is 16.3 Å². The lowest BCUT2D eigenvalue weighted by molar-refractivity contribution is 0.576. The van der Waals surface area contributed by atoms with Crippen molar-refractivity contribution in [3.63, 3.8) is 0 Å². The highest BCUT2D eigenvalue weighted by Crippen LogP contribution is 2.33. The molecule has 3 rings (SSSR count). The van der Waals surface area contributed by atoms with E-state index in [2.05, 4.69) is 35.0 Å². The number of nitrogens with one attached hydrogen (secondary N) is 1. The predicted molar refractivity (Wildman–Crippen MR) is 65.8 cm³/mol. The second-order valence-electron chi connectivity index (χ2n) is 4.29. The van der Waals surface area contributed by atoms with E-state index in [4.69, 9.17) is 0 Å². The van der Waals surface area contributed by atoms with Gasteiger partial charge in [0, 0.05) is 30.2 Å². The molecule has 0 radical (unpaired) electrons. The molecule has 4 heteroatoms. The van der Waals surface area contributed by atoms with E-state index in [0.29, 0.717) is 6.04 Å². The summed E-state index contributed by atoms with van der Waals surface area (Å²) in [6, 6.07) is 2.59. The molecule has 0 aliphatic carbocycles. The Bertz CT molecular complexity index is 512. The third kappa shape index (κ3) is 1.49. The Balaban J connectivity index is 2.07. The normalized spacial score (nSPS) is 19.8. The van der Waals surface area contributed by atoms with Crippen LogP contribution in [0.15, 0.2) is 17.6 Å². The number of aryl methyl sites for hydroxylation is 2. The Kier molecular flexibility index (Phi) is 2.33. The van der Waals surface area contributed by atoms with Gasteiger partial charge in [0.1, 0.15) is 0 Å². The van der Waals surface area contributed by atoms with Crippen molar-refractivity contribution in [1.82, 2.24) is 15.1 Å². The molecular weight excluding hydrogens is 218 g/mol. The molecular formula is C12H15N3S. The number of hydrogen-bond donors (Lipinski definition) is 1. The Morgan fingerprint density at radius 3 is 3.19 bits per heavy atom. The molecule has 2 aromatic rings. The summed E-state index contributed by atoms with van der Waals surface area (Å²) in [7, 11) is 1.98. The first-order valence-corrected chi connectivity index (χ1v) is 6.43. The maximum atomic E-state index is 4.42. The maximum Gasteiger partial charge on any atom is 0.0707 e. The number of rotatable bonds is 1. The summed E-state index contributed by atoms with van der Waals surface area (Å²) >= 11 is 1.85. The maximum absolute atomic E-state index is 4.42. The van der Waals surface area contributed by atoms with Gasteiger partial charge in [0.05, 0.1) is 11.7 Å². The first kappa shape index (κ1) is 10.1. The van der Waals surface area contributed by atoms with E-state index < -0.39 is 0 Å². The van der Waals surface area contributed by atoms with Crippen molar-refractivity contribution in [3.05, 3.63) is 39.3 Å². The molecule has 0 aromatic carbocycles. The molecule has 0 amide bonds. The van der Waals surface area contributed by atoms with Crippen molar-refractivity contribution in [2.75, 3.05) is 6.54 Å². The molecule has 1 N–H and O–H groups in total. The number of nitrogens with zero attached hydrogens (tertiary/aromatic N) is 2. The summed E-state index contributed by atoms with van der Waals surface area (Å²) < 4.78 is 1.90. The molecule has 1 aliphatic heterocycles. The quantitative estimate of drug-likeness (QED) is 0.816. The largest absolute Gasteiger partial charge is 0.305 e. The van der Waals surface area contributed by atoms with E-state index in [0.717, 1.165) is 18.7 Å². The molecule has 1 atom stereocenters. The smallest absolute Gasteiger partial charge is 0.0707 e. The molecule has 0 fully saturated rings. The lowest BCUT2D eigenvalue weighted by atomic mass is 9.98. The van der Waals surface area contributed by atoms with Gasteiger partial charge in [-0.15, -0.1) is 11.3 Å². The highest BCUT2D eigenvalue weighted by Gasteiger charge is 2.24. The number of aromatic nitrogens is 2. The molecule has 2 aromatic heterocycles. The summed E-state index contributed by atoms with van der Waals surface area (Å²) in [6.45, 7) is 3.14. The first-order valence-electron chi connectivity index (χ1n) is 5.55. The predicted octanol–water partition coefficient (Wildman–Crippen LogP) is 2.03. The summed E-state index contributed by atoms with van der Waals surface area (Å²) in [4.78, 5) is 1.46. The third-order valence-corrected chi connectivity index (χ3v) is 4.17. The van der Waals surface area contributed by atoms with Gasteiger partial charge >= 0.3 is 0 Å². The zero-order valence-corrected chi connectivity index (χ0v) is 10.3. The summed E-state index contributed by atoms with van der Waals surface area (Å²) in [5.74, 6) is 0. The molecule has 3 heterocycles. The highest BCUT2D eigenvalue weighted by atomic mass is 32.1. The standard InChI is InChI=1S/C12H15N3S/c1-8-10(7-15(2)14-8)11-12-9(3-5-13-11)4-6-16-12/h4,6-7,11,13H,3,5H2,1-2H3. The van der Waals surface area contributed by atoms with Crippen molar-refractivity contribution < 1.29 is 0 Å². The molecule has 0 saturated carbocycles. The van der Waals surface area contributed by atoms with Crippen molar-refractivity contribution in [1.29, 1.82) is 0 Å². The molecule has 84 valence electrons.